The molecular formula is C18H22FN3O2. The zero-order valence-corrected chi connectivity index (χ0v) is 13.6. The third kappa shape index (κ3) is 2.91. The Kier molecular flexibility index (Phi) is 4.24. The van der Waals surface area contributed by atoms with Crippen molar-refractivity contribution in [1.82, 2.24) is 14.8 Å². The predicted octanol–water partition coefficient (Wildman–Crippen LogP) is 2.24. The molecule has 24 heavy (non-hydrogen) atoms. The Bertz CT molecular complexity index is 731. The molecule has 2 saturated heterocycles. The van der Waals surface area contributed by atoms with Crippen molar-refractivity contribution in [3.05, 3.63) is 35.8 Å². The second-order valence-corrected chi connectivity index (χ2v) is 6.56. The number of halogens is 1. The third-order valence-corrected chi connectivity index (χ3v) is 5.15. The Labute approximate surface area is 140 Å². The van der Waals surface area contributed by atoms with Crippen LogP contribution in [-0.4, -0.2) is 66.1 Å². The maximum Gasteiger partial charge on any atom is 0.270 e. The minimum Gasteiger partial charge on any atom is -0.381 e. The van der Waals surface area contributed by atoms with Gasteiger partial charge in [0.25, 0.3) is 5.91 Å². The van der Waals surface area contributed by atoms with Gasteiger partial charge in [0.05, 0.1) is 0 Å². The van der Waals surface area contributed by atoms with Gasteiger partial charge in [0.2, 0.25) is 0 Å². The lowest BCUT2D eigenvalue weighted by Gasteiger charge is -2.40. The minimum atomic E-state index is -0.299. The van der Waals surface area contributed by atoms with Gasteiger partial charge in [-0.2, -0.15) is 0 Å². The fraction of sp³-hybridized carbons (Fsp3) is 0.500. The van der Waals surface area contributed by atoms with Crippen LogP contribution in [0.4, 0.5) is 4.39 Å². The number of carbonyl (C=O) groups excluding carboxylic acids is 1. The van der Waals surface area contributed by atoms with Gasteiger partial charge in [-0.15, -0.1) is 0 Å². The standard InChI is InChI=1S/C18H22FN3O2/c19-15-2-1-3-16-14(15)12-17(20-16)18(23)22-8-6-21(7-9-22)13-4-10-24-11-5-13/h1-3,12-13,20H,4-11H2. The summed E-state index contributed by atoms with van der Waals surface area (Å²) < 4.78 is 19.2. The van der Waals surface area contributed by atoms with Crippen molar-refractivity contribution >= 4 is 16.8 Å². The molecule has 0 unspecified atom stereocenters. The highest BCUT2D eigenvalue weighted by atomic mass is 19.1. The number of ether oxygens (including phenoxy) is 1. The first-order chi connectivity index (χ1) is 11.7. The summed E-state index contributed by atoms with van der Waals surface area (Å²) in [4.78, 5) is 20.1. The molecule has 0 spiro atoms. The van der Waals surface area contributed by atoms with Crippen molar-refractivity contribution in [3.63, 3.8) is 0 Å². The smallest absolute Gasteiger partial charge is 0.270 e. The van der Waals surface area contributed by atoms with Crippen LogP contribution < -0.4 is 0 Å². The highest BCUT2D eigenvalue weighted by Crippen LogP contribution is 2.21. The molecule has 2 aliphatic heterocycles. The molecule has 0 atom stereocenters. The van der Waals surface area contributed by atoms with Crippen LogP contribution in [0.2, 0.25) is 0 Å². The fourth-order valence-corrected chi connectivity index (χ4v) is 3.74. The van der Waals surface area contributed by atoms with Crippen LogP contribution in [0.1, 0.15) is 23.3 Å². The van der Waals surface area contributed by atoms with Crippen molar-refractivity contribution in [2.75, 3.05) is 39.4 Å². The Hall–Kier alpha value is -1.92. The summed E-state index contributed by atoms with van der Waals surface area (Å²) in [7, 11) is 0. The van der Waals surface area contributed by atoms with E-state index in [4.69, 9.17) is 4.74 Å². The van der Waals surface area contributed by atoms with Gasteiger partial charge in [-0.25, -0.2) is 4.39 Å². The van der Waals surface area contributed by atoms with E-state index in [1.54, 1.807) is 18.2 Å². The second-order valence-electron chi connectivity index (χ2n) is 6.56. The van der Waals surface area contributed by atoms with Crippen LogP contribution in [0.15, 0.2) is 24.3 Å². The molecule has 0 radical (unpaired) electrons. The lowest BCUT2D eigenvalue weighted by molar-refractivity contribution is 0.0136. The highest BCUT2D eigenvalue weighted by molar-refractivity contribution is 5.98. The summed E-state index contributed by atoms with van der Waals surface area (Å²) in [6.45, 7) is 4.90. The van der Waals surface area contributed by atoms with Crippen LogP contribution in [0.25, 0.3) is 10.9 Å². The molecule has 0 bridgehead atoms. The van der Waals surface area contributed by atoms with Crippen LogP contribution in [0.5, 0.6) is 0 Å². The number of H-pyrrole nitrogens is 1. The number of fused-ring (bicyclic) bond motifs is 1. The molecule has 2 fully saturated rings. The van der Waals surface area contributed by atoms with Crippen LogP contribution in [-0.2, 0) is 4.74 Å². The van der Waals surface area contributed by atoms with E-state index in [0.29, 0.717) is 35.7 Å². The van der Waals surface area contributed by atoms with Crippen molar-refractivity contribution in [2.45, 2.75) is 18.9 Å². The van der Waals surface area contributed by atoms with Gasteiger partial charge in [0, 0.05) is 56.3 Å². The first kappa shape index (κ1) is 15.6. The molecule has 6 heteroatoms. The number of nitrogens with zero attached hydrogens (tertiary/aromatic N) is 2. The van der Waals surface area contributed by atoms with Gasteiger partial charge >= 0.3 is 0 Å². The lowest BCUT2D eigenvalue weighted by atomic mass is 10.1. The monoisotopic (exact) mass is 331 g/mol. The quantitative estimate of drug-likeness (QED) is 0.918. The maximum atomic E-state index is 13.8. The molecule has 1 N–H and O–H groups in total. The van der Waals surface area contributed by atoms with Crippen LogP contribution in [0, 0.1) is 5.82 Å². The first-order valence-electron chi connectivity index (χ1n) is 8.61. The van der Waals surface area contributed by atoms with Gasteiger partial charge in [-0.1, -0.05) is 6.07 Å². The molecule has 1 aromatic heterocycles. The summed E-state index contributed by atoms with van der Waals surface area (Å²) in [5.41, 5.74) is 1.13. The van der Waals surface area contributed by atoms with Crippen molar-refractivity contribution in [2.24, 2.45) is 0 Å². The Morgan fingerprint density at radius 3 is 2.62 bits per heavy atom. The minimum absolute atomic E-state index is 0.0442. The number of rotatable bonds is 2. The van der Waals surface area contributed by atoms with E-state index in [9.17, 15) is 9.18 Å². The lowest BCUT2D eigenvalue weighted by Crippen LogP contribution is -2.53. The molecular weight excluding hydrogens is 309 g/mol. The molecule has 0 saturated carbocycles. The average Bonchev–Trinajstić information content (AvgIpc) is 3.08. The highest BCUT2D eigenvalue weighted by Gasteiger charge is 2.28. The molecule has 4 rings (SSSR count). The average molecular weight is 331 g/mol. The Balaban J connectivity index is 1.42. The van der Waals surface area contributed by atoms with Crippen LogP contribution in [0.3, 0.4) is 0 Å². The summed E-state index contributed by atoms with van der Waals surface area (Å²) >= 11 is 0. The predicted molar refractivity (Wildman–Crippen MR) is 89.6 cm³/mol. The molecule has 5 nitrogen and oxygen atoms in total. The Morgan fingerprint density at radius 1 is 1.17 bits per heavy atom. The number of nitrogens with one attached hydrogen (secondary N) is 1. The van der Waals surface area contributed by atoms with Gasteiger partial charge in [0.1, 0.15) is 11.5 Å². The number of hydrogen-bond donors (Lipinski definition) is 1. The largest absolute Gasteiger partial charge is 0.381 e. The number of hydrogen-bond acceptors (Lipinski definition) is 3. The molecule has 3 heterocycles. The number of carbonyl (C=O) groups is 1. The fourth-order valence-electron chi connectivity index (χ4n) is 3.74. The van der Waals surface area contributed by atoms with Crippen molar-refractivity contribution in [3.8, 4) is 0 Å². The number of piperazine rings is 1. The van der Waals surface area contributed by atoms with E-state index in [2.05, 4.69) is 9.88 Å². The summed E-state index contributed by atoms with van der Waals surface area (Å²) in [6.07, 6.45) is 2.16. The number of amides is 1. The van der Waals surface area contributed by atoms with Gasteiger partial charge in [-0.05, 0) is 31.0 Å². The third-order valence-electron chi connectivity index (χ3n) is 5.15. The number of aromatic nitrogens is 1. The zero-order valence-electron chi connectivity index (χ0n) is 13.6. The zero-order chi connectivity index (χ0) is 16.5. The van der Waals surface area contributed by atoms with Gasteiger partial charge < -0.3 is 14.6 Å². The van der Waals surface area contributed by atoms with Crippen molar-refractivity contribution < 1.29 is 13.9 Å². The topological polar surface area (TPSA) is 48.6 Å². The first-order valence-corrected chi connectivity index (χ1v) is 8.61. The number of benzene rings is 1. The van der Waals surface area contributed by atoms with Gasteiger partial charge in [-0.3, -0.25) is 9.69 Å². The molecule has 1 aromatic carbocycles. The Morgan fingerprint density at radius 2 is 1.92 bits per heavy atom. The van der Waals surface area contributed by atoms with E-state index in [1.807, 2.05) is 4.90 Å². The van der Waals surface area contributed by atoms with E-state index in [0.717, 1.165) is 39.1 Å². The maximum absolute atomic E-state index is 13.8. The summed E-state index contributed by atoms with van der Waals surface area (Å²) in [6, 6.07) is 7.06. The second kappa shape index (κ2) is 6.53. The van der Waals surface area contributed by atoms with E-state index in [1.165, 1.54) is 6.07 Å². The summed E-state index contributed by atoms with van der Waals surface area (Å²) in [5.74, 6) is -0.343. The van der Waals surface area contributed by atoms with E-state index in [-0.39, 0.29) is 11.7 Å². The van der Waals surface area contributed by atoms with Gasteiger partial charge in [0.15, 0.2) is 0 Å². The molecule has 2 aliphatic rings. The normalized spacial score (nSPS) is 20.6. The van der Waals surface area contributed by atoms with E-state index < -0.39 is 0 Å². The number of aromatic amines is 1. The molecule has 128 valence electrons. The van der Waals surface area contributed by atoms with Crippen molar-refractivity contribution in [1.29, 1.82) is 0 Å². The van der Waals surface area contributed by atoms with E-state index >= 15 is 0 Å². The summed E-state index contributed by atoms with van der Waals surface area (Å²) in [5, 5.41) is 0.474. The van der Waals surface area contributed by atoms with Crippen LogP contribution >= 0.6 is 0 Å². The SMILES string of the molecule is O=C(c1cc2c(F)cccc2[nH]1)N1CCN(C2CCOCC2)CC1. The molecule has 1 amide bonds. The molecule has 2 aromatic rings. The molecule has 0 aliphatic carbocycles.